The fourth-order valence-corrected chi connectivity index (χ4v) is 3.52. The van der Waals surface area contributed by atoms with Crippen LogP contribution >= 0.6 is 0 Å². The molecule has 5 heteroatoms. The number of rotatable bonds is 6. The molecule has 1 saturated carbocycles. The van der Waals surface area contributed by atoms with E-state index in [0.29, 0.717) is 6.04 Å². The molecular formula is C21H33N3O2. The molecular weight excluding hydrogens is 326 g/mol. The first-order valence-electron chi connectivity index (χ1n) is 9.80. The standard InChI is InChI=1S/C21H33N3O2/c1-14(22)16-7-9-17(10-8-16)19(11-15-5-6-15)24-12-18(13-24)23-20(25)26-21(2,3)4/h7-10,14-15,18-19H,5-6,11-13,22H2,1-4H3,(H,23,25)/t14-,19?/m0/s1. The number of hydrogen-bond donors (Lipinski definition) is 2. The SMILES string of the molecule is C[C@H](N)c1ccc(C(CC2CC2)N2CC(NC(=O)OC(C)(C)C)C2)cc1. The number of nitrogens with zero attached hydrogens (tertiary/aromatic N) is 1. The van der Waals surface area contributed by atoms with Crippen LogP contribution < -0.4 is 11.1 Å². The van der Waals surface area contributed by atoms with Crippen molar-refractivity contribution in [2.24, 2.45) is 11.7 Å². The first-order chi connectivity index (χ1) is 12.2. The Labute approximate surface area is 157 Å². The van der Waals surface area contributed by atoms with Gasteiger partial charge in [-0.25, -0.2) is 4.79 Å². The fourth-order valence-electron chi connectivity index (χ4n) is 3.52. The van der Waals surface area contributed by atoms with E-state index in [1.54, 1.807) is 0 Å². The first-order valence-corrected chi connectivity index (χ1v) is 9.80. The van der Waals surface area contributed by atoms with E-state index in [2.05, 4.69) is 34.5 Å². The highest BCUT2D eigenvalue weighted by Crippen LogP contribution is 2.41. The molecule has 0 spiro atoms. The van der Waals surface area contributed by atoms with Gasteiger partial charge in [-0.05, 0) is 51.2 Å². The Morgan fingerprint density at radius 2 is 1.81 bits per heavy atom. The van der Waals surface area contributed by atoms with Crippen LogP contribution in [0.3, 0.4) is 0 Å². The van der Waals surface area contributed by atoms with Crippen LogP contribution in [0.2, 0.25) is 0 Å². The molecule has 2 aliphatic rings. The number of benzene rings is 1. The van der Waals surface area contributed by atoms with Crippen LogP contribution in [0.5, 0.6) is 0 Å². The molecule has 1 amide bonds. The third-order valence-corrected chi connectivity index (χ3v) is 5.17. The minimum absolute atomic E-state index is 0.0670. The Kier molecular flexibility index (Phi) is 5.58. The lowest BCUT2D eigenvalue weighted by Crippen LogP contribution is -2.60. The van der Waals surface area contributed by atoms with Crippen molar-refractivity contribution in [2.75, 3.05) is 13.1 Å². The quantitative estimate of drug-likeness (QED) is 0.811. The highest BCUT2D eigenvalue weighted by molar-refractivity contribution is 5.68. The van der Waals surface area contributed by atoms with Crippen molar-refractivity contribution < 1.29 is 9.53 Å². The number of likely N-dealkylation sites (tertiary alicyclic amines) is 1. The van der Waals surface area contributed by atoms with Crippen LogP contribution in [-0.4, -0.2) is 35.7 Å². The molecule has 3 N–H and O–H groups in total. The highest BCUT2D eigenvalue weighted by atomic mass is 16.6. The minimum Gasteiger partial charge on any atom is -0.444 e. The molecule has 1 unspecified atom stereocenters. The summed E-state index contributed by atoms with van der Waals surface area (Å²) in [5.41, 5.74) is 8.05. The van der Waals surface area contributed by atoms with Gasteiger partial charge < -0.3 is 15.8 Å². The number of carbonyl (C=O) groups is 1. The summed E-state index contributed by atoms with van der Waals surface area (Å²) in [7, 11) is 0. The molecule has 3 rings (SSSR count). The summed E-state index contributed by atoms with van der Waals surface area (Å²) in [5, 5.41) is 2.98. The molecule has 0 radical (unpaired) electrons. The number of hydrogen-bond acceptors (Lipinski definition) is 4. The summed E-state index contributed by atoms with van der Waals surface area (Å²) in [6.07, 6.45) is 3.59. The number of nitrogens with one attached hydrogen (secondary N) is 1. The number of alkyl carbamates (subject to hydrolysis) is 1. The zero-order valence-electron chi connectivity index (χ0n) is 16.5. The zero-order chi connectivity index (χ0) is 18.9. The molecule has 2 fully saturated rings. The van der Waals surface area contributed by atoms with Crippen molar-refractivity contribution in [3.63, 3.8) is 0 Å². The Hall–Kier alpha value is -1.59. The van der Waals surface area contributed by atoms with Gasteiger partial charge in [0.25, 0.3) is 0 Å². The molecule has 1 saturated heterocycles. The maximum Gasteiger partial charge on any atom is 0.407 e. The third-order valence-electron chi connectivity index (χ3n) is 5.17. The van der Waals surface area contributed by atoms with Crippen molar-refractivity contribution in [2.45, 2.75) is 70.7 Å². The minimum atomic E-state index is -0.454. The van der Waals surface area contributed by atoms with Gasteiger partial charge in [0, 0.05) is 25.2 Å². The van der Waals surface area contributed by atoms with E-state index in [-0.39, 0.29) is 18.2 Å². The van der Waals surface area contributed by atoms with Gasteiger partial charge in [0.2, 0.25) is 0 Å². The Bertz CT molecular complexity index is 611. The molecule has 26 heavy (non-hydrogen) atoms. The molecule has 1 aromatic rings. The number of ether oxygens (including phenoxy) is 1. The van der Waals surface area contributed by atoms with Gasteiger partial charge >= 0.3 is 6.09 Å². The smallest absolute Gasteiger partial charge is 0.407 e. The molecule has 0 aromatic heterocycles. The average molecular weight is 360 g/mol. The van der Waals surface area contributed by atoms with Crippen LogP contribution in [0.15, 0.2) is 24.3 Å². The van der Waals surface area contributed by atoms with Crippen molar-refractivity contribution in [1.82, 2.24) is 10.2 Å². The van der Waals surface area contributed by atoms with E-state index in [0.717, 1.165) is 19.0 Å². The van der Waals surface area contributed by atoms with E-state index >= 15 is 0 Å². The summed E-state index contributed by atoms with van der Waals surface area (Å²) in [6, 6.07) is 9.42. The topological polar surface area (TPSA) is 67.6 Å². The van der Waals surface area contributed by atoms with E-state index < -0.39 is 5.60 Å². The van der Waals surface area contributed by atoms with Gasteiger partial charge in [-0.15, -0.1) is 0 Å². The second kappa shape index (κ2) is 7.57. The van der Waals surface area contributed by atoms with Crippen LogP contribution in [0.1, 0.15) is 70.2 Å². The Balaban J connectivity index is 1.57. The lowest BCUT2D eigenvalue weighted by atomic mass is 9.93. The molecule has 5 nitrogen and oxygen atoms in total. The van der Waals surface area contributed by atoms with Crippen LogP contribution in [0, 0.1) is 5.92 Å². The Morgan fingerprint density at radius 3 is 2.31 bits per heavy atom. The molecule has 1 aliphatic carbocycles. The second-order valence-electron chi connectivity index (χ2n) is 8.95. The summed E-state index contributed by atoms with van der Waals surface area (Å²) < 4.78 is 5.35. The van der Waals surface area contributed by atoms with Crippen molar-refractivity contribution in [3.8, 4) is 0 Å². The number of amides is 1. The molecule has 2 atom stereocenters. The summed E-state index contributed by atoms with van der Waals surface area (Å²) in [5.74, 6) is 0.853. The number of carbonyl (C=O) groups excluding carboxylic acids is 1. The maximum atomic E-state index is 11.9. The van der Waals surface area contributed by atoms with Crippen LogP contribution in [0.4, 0.5) is 4.79 Å². The predicted octanol–water partition coefficient (Wildman–Crippen LogP) is 3.76. The summed E-state index contributed by atoms with van der Waals surface area (Å²) >= 11 is 0. The molecule has 1 heterocycles. The lowest BCUT2D eigenvalue weighted by molar-refractivity contribution is 0.0299. The van der Waals surface area contributed by atoms with Gasteiger partial charge in [0.15, 0.2) is 0 Å². The van der Waals surface area contributed by atoms with Gasteiger partial charge in [-0.2, -0.15) is 0 Å². The highest BCUT2D eigenvalue weighted by Gasteiger charge is 2.37. The maximum absolute atomic E-state index is 11.9. The fraction of sp³-hybridized carbons (Fsp3) is 0.667. The summed E-state index contributed by atoms with van der Waals surface area (Å²) in [4.78, 5) is 14.4. The van der Waals surface area contributed by atoms with Gasteiger partial charge in [-0.3, -0.25) is 4.90 Å². The first kappa shape index (κ1) is 19.2. The van der Waals surface area contributed by atoms with Crippen LogP contribution in [0.25, 0.3) is 0 Å². The molecule has 0 bridgehead atoms. The Morgan fingerprint density at radius 1 is 1.23 bits per heavy atom. The molecule has 144 valence electrons. The van der Waals surface area contributed by atoms with Crippen molar-refractivity contribution >= 4 is 6.09 Å². The molecule has 1 aromatic carbocycles. The molecule has 1 aliphatic heterocycles. The predicted molar refractivity (Wildman–Crippen MR) is 104 cm³/mol. The van der Waals surface area contributed by atoms with E-state index in [9.17, 15) is 4.79 Å². The van der Waals surface area contributed by atoms with Gasteiger partial charge in [-0.1, -0.05) is 37.1 Å². The van der Waals surface area contributed by atoms with E-state index in [4.69, 9.17) is 10.5 Å². The van der Waals surface area contributed by atoms with Gasteiger partial charge in [0.05, 0.1) is 6.04 Å². The largest absolute Gasteiger partial charge is 0.444 e. The van der Waals surface area contributed by atoms with Crippen molar-refractivity contribution in [3.05, 3.63) is 35.4 Å². The average Bonchev–Trinajstić information content (AvgIpc) is 3.31. The van der Waals surface area contributed by atoms with Gasteiger partial charge in [0.1, 0.15) is 5.60 Å². The monoisotopic (exact) mass is 359 g/mol. The second-order valence-corrected chi connectivity index (χ2v) is 8.95. The van der Waals surface area contributed by atoms with Crippen LogP contribution in [-0.2, 0) is 4.74 Å². The van der Waals surface area contributed by atoms with E-state index in [1.807, 2.05) is 27.7 Å². The zero-order valence-corrected chi connectivity index (χ0v) is 16.5. The summed E-state index contributed by atoms with van der Waals surface area (Å²) in [6.45, 7) is 9.43. The lowest BCUT2D eigenvalue weighted by Gasteiger charge is -2.45. The normalized spacial score (nSPS) is 21.0. The van der Waals surface area contributed by atoms with E-state index in [1.165, 1.54) is 30.4 Å². The van der Waals surface area contributed by atoms with Crippen molar-refractivity contribution in [1.29, 1.82) is 0 Å². The number of nitrogens with two attached hydrogens (primary N) is 1. The third kappa shape index (κ3) is 5.21.